The van der Waals surface area contributed by atoms with Crippen molar-refractivity contribution in [2.75, 3.05) is 33.0 Å². The maximum Gasteiger partial charge on any atom is 0.306 e. The highest BCUT2D eigenvalue weighted by atomic mass is 16.7. The molecule has 0 spiro atoms. The Morgan fingerprint density at radius 1 is 0.377 bits per heavy atom. The molecule has 0 bridgehead atoms. The summed E-state index contributed by atoms with van der Waals surface area (Å²) in [7, 11) is 0. The summed E-state index contributed by atoms with van der Waals surface area (Å²) >= 11 is 0. The molecule has 2 saturated heterocycles. The normalized spacial score (nSPS) is 24.2. The lowest BCUT2D eigenvalue weighted by molar-refractivity contribution is -0.332. The highest BCUT2D eigenvalue weighted by Crippen LogP contribution is 2.27. The number of unbranched alkanes of at least 4 members (excludes halogenated alkanes) is 41. The van der Waals surface area contributed by atoms with E-state index in [1.807, 2.05) is 0 Å². The average molecular weight is 1100 g/mol. The fourth-order valence-electron chi connectivity index (χ4n) is 10.9. The topological polar surface area (TPSA) is 214 Å². The lowest BCUT2D eigenvalue weighted by Gasteiger charge is -2.42. The fraction of sp³-hybridized carbons (Fsp3) is 0.984. The van der Waals surface area contributed by atoms with Gasteiger partial charge in [0, 0.05) is 13.0 Å². The molecule has 458 valence electrons. The van der Waals surface area contributed by atoms with Gasteiger partial charge in [0.25, 0.3) is 0 Å². The van der Waals surface area contributed by atoms with E-state index < -0.39 is 80.7 Å². The van der Waals surface area contributed by atoms with E-state index in [1.165, 1.54) is 231 Å². The molecule has 2 aliphatic heterocycles. The molecule has 11 atom stereocenters. The van der Waals surface area contributed by atoms with E-state index in [2.05, 4.69) is 13.8 Å². The van der Waals surface area contributed by atoms with Crippen LogP contribution in [0.5, 0.6) is 0 Å². The Morgan fingerprint density at radius 2 is 0.688 bits per heavy atom. The van der Waals surface area contributed by atoms with Gasteiger partial charge in [0.1, 0.15) is 54.9 Å². The Morgan fingerprint density at radius 3 is 1.05 bits per heavy atom. The van der Waals surface area contributed by atoms with Crippen LogP contribution in [-0.4, -0.2) is 142 Å². The molecule has 7 N–H and O–H groups in total. The van der Waals surface area contributed by atoms with Crippen LogP contribution in [0.3, 0.4) is 0 Å². The van der Waals surface area contributed by atoms with Gasteiger partial charge in [-0.15, -0.1) is 0 Å². The molecule has 14 heteroatoms. The lowest BCUT2D eigenvalue weighted by atomic mass is 9.98. The molecular weight excluding hydrogens is 981 g/mol. The van der Waals surface area contributed by atoms with Crippen LogP contribution in [0.2, 0.25) is 0 Å². The maximum absolute atomic E-state index is 13.1. The van der Waals surface area contributed by atoms with Crippen LogP contribution in [0.4, 0.5) is 0 Å². The van der Waals surface area contributed by atoms with Crippen molar-refractivity contribution in [1.82, 2.24) is 0 Å². The zero-order valence-corrected chi connectivity index (χ0v) is 49.5. The number of hydrogen-bond donors (Lipinski definition) is 7. The first-order valence-electron chi connectivity index (χ1n) is 32.6. The van der Waals surface area contributed by atoms with E-state index in [0.717, 1.165) is 44.9 Å². The molecule has 2 aliphatic rings. The zero-order chi connectivity index (χ0) is 55.8. The van der Waals surface area contributed by atoms with Gasteiger partial charge in [-0.1, -0.05) is 277 Å². The fourth-order valence-corrected chi connectivity index (χ4v) is 10.9. The first kappa shape index (κ1) is 72.1. The second-order valence-electron chi connectivity index (χ2n) is 23.3. The van der Waals surface area contributed by atoms with Gasteiger partial charge in [-0.25, -0.2) is 0 Å². The molecule has 0 aromatic rings. The molecular formula is C63H122O14. The quantitative estimate of drug-likeness (QED) is 0.0223. The van der Waals surface area contributed by atoms with E-state index >= 15 is 0 Å². The molecule has 0 aliphatic carbocycles. The molecule has 0 saturated carbocycles. The molecule has 0 aromatic carbocycles. The van der Waals surface area contributed by atoms with Gasteiger partial charge in [0.15, 0.2) is 12.6 Å². The number of ether oxygens (including phenoxy) is 6. The van der Waals surface area contributed by atoms with Crippen LogP contribution in [0, 0.1) is 0 Å². The number of hydrogen-bond acceptors (Lipinski definition) is 14. The third-order valence-corrected chi connectivity index (χ3v) is 16.1. The largest absolute Gasteiger partial charge is 0.457 e. The van der Waals surface area contributed by atoms with Gasteiger partial charge in [-0.05, 0) is 12.8 Å². The summed E-state index contributed by atoms with van der Waals surface area (Å²) in [6, 6.07) is 0. The summed E-state index contributed by atoms with van der Waals surface area (Å²) in [6.07, 6.45) is 40.3. The van der Waals surface area contributed by atoms with E-state index in [1.54, 1.807) is 0 Å². The predicted molar refractivity (Wildman–Crippen MR) is 308 cm³/mol. The van der Waals surface area contributed by atoms with Crippen molar-refractivity contribution >= 4 is 5.97 Å². The summed E-state index contributed by atoms with van der Waals surface area (Å²) < 4.78 is 34.5. The maximum atomic E-state index is 13.1. The Balaban J connectivity index is 1.65. The van der Waals surface area contributed by atoms with E-state index in [0.29, 0.717) is 6.61 Å². The number of carbonyl (C=O) groups is 1. The minimum absolute atomic E-state index is 0.0713. The van der Waals surface area contributed by atoms with Crippen molar-refractivity contribution in [2.45, 2.75) is 364 Å². The standard InChI is InChI=1S/C63H122O14/c1-3-5-7-9-11-13-15-17-19-21-23-25-26-27-28-30-32-34-36-38-40-42-44-46-55(65)75-52(49-72-47-45-43-41-39-37-35-33-31-29-24-22-20-18-16-14-12-10-8-6-4-2)50-73-62-61(71)59(69)57(67)54(77-62)51-74-63-60(70)58(68)56(66)53(48-64)76-63/h52-54,56-64,66-71H,3-51H2,1-2H3. The van der Waals surface area contributed by atoms with Crippen LogP contribution in [0.25, 0.3) is 0 Å². The summed E-state index contributed by atoms with van der Waals surface area (Å²) in [6.45, 7) is 3.79. The molecule has 77 heavy (non-hydrogen) atoms. The van der Waals surface area contributed by atoms with Crippen molar-refractivity contribution in [3.63, 3.8) is 0 Å². The molecule has 14 nitrogen and oxygen atoms in total. The van der Waals surface area contributed by atoms with Gasteiger partial charge in [0.2, 0.25) is 0 Å². The van der Waals surface area contributed by atoms with E-state index in [-0.39, 0.29) is 25.6 Å². The Bertz CT molecular complexity index is 1280. The van der Waals surface area contributed by atoms with Gasteiger partial charge >= 0.3 is 5.97 Å². The Labute approximate surface area is 470 Å². The summed E-state index contributed by atoms with van der Waals surface area (Å²) in [5.41, 5.74) is 0. The number of esters is 1. The minimum atomic E-state index is -1.70. The molecule has 0 amide bonds. The number of aliphatic hydroxyl groups is 7. The molecule has 0 aromatic heterocycles. The number of rotatable bonds is 55. The van der Waals surface area contributed by atoms with Gasteiger partial charge in [0.05, 0.1) is 26.4 Å². The van der Waals surface area contributed by atoms with Crippen molar-refractivity contribution < 1.29 is 69.0 Å². The number of carbonyl (C=O) groups excluding carboxylic acids is 1. The monoisotopic (exact) mass is 1100 g/mol. The van der Waals surface area contributed by atoms with E-state index in [9.17, 15) is 40.5 Å². The highest BCUT2D eigenvalue weighted by Gasteiger charge is 2.47. The van der Waals surface area contributed by atoms with Crippen molar-refractivity contribution in [3.8, 4) is 0 Å². The van der Waals surface area contributed by atoms with Crippen LogP contribution in [-0.2, 0) is 33.2 Å². The third-order valence-electron chi connectivity index (χ3n) is 16.1. The number of aliphatic hydroxyl groups excluding tert-OH is 7. The molecule has 0 radical (unpaired) electrons. The highest BCUT2D eigenvalue weighted by molar-refractivity contribution is 5.69. The lowest BCUT2D eigenvalue weighted by Crippen LogP contribution is -2.61. The van der Waals surface area contributed by atoms with Crippen LogP contribution >= 0.6 is 0 Å². The second-order valence-corrected chi connectivity index (χ2v) is 23.3. The molecule has 2 rings (SSSR count). The molecule has 11 unspecified atom stereocenters. The Hall–Kier alpha value is -1.01. The molecule has 2 heterocycles. The summed E-state index contributed by atoms with van der Waals surface area (Å²) in [5.74, 6) is -0.365. The van der Waals surface area contributed by atoms with Crippen molar-refractivity contribution in [2.24, 2.45) is 0 Å². The molecule has 2 fully saturated rings. The van der Waals surface area contributed by atoms with Crippen molar-refractivity contribution in [1.29, 1.82) is 0 Å². The van der Waals surface area contributed by atoms with Crippen LogP contribution < -0.4 is 0 Å². The van der Waals surface area contributed by atoms with E-state index in [4.69, 9.17) is 28.4 Å². The van der Waals surface area contributed by atoms with Gasteiger partial charge in [-0.2, -0.15) is 0 Å². The smallest absolute Gasteiger partial charge is 0.306 e. The second kappa shape index (κ2) is 50.7. The predicted octanol–water partition coefficient (Wildman–Crippen LogP) is 12.8. The summed E-state index contributed by atoms with van der Waals surface area (Å²) in [4.78, 5) is 13.1. The zero-order valence-electron chi connectivity index (χ0n) is 49.5. The first-order valence-corrected chi connectivity index (χ1v) is 32.6. The van der Waals surface area contributed by atoms with Crippen LogP contribution in [0.1, 0.15) is 296 Å². The average Bonchev–Trinajstić information content (AvgIpc) is 3.43. The van der Waals surface area contributed by atoms with Gasteiger partial charge < -0.3 is 64.2 Å². The third kappa shape index (κ3) is 36.9. The summed E-state index contributed by atoms with van der Waals surface area (Å²) in [5, 5.41) is 72.5. The first-order chi connectivity index (χ1) is 37.6. The minimum Gasteiger partial charge on any atom is -0.457 e. The van der Waals surface area contributed by atoms with Crippen LogP contribution in [0.15, 0.2) is 0 Å². The Kier molecular flexibility index (Phi) is 47.5. The SMILES string of the molecule is CCCCCCCCCCCCCCCCCCCCCCCCCC(=O)OC(COCCCCCCCCCCCCCCCCCCCCCC)COC1OC(COC2OC(CO)C(O)C(O)C2O)C(O)C(O)C1O. The van der Waals surface area contributed by atoms with Crippen molar-refractivity contribution in [3.05, 3.63) is 0 Å². The van der Waals surface area contributed by atoms with Gasteiger partial charge in [-0.3, -0.25) is 4.79 Å².